The van der Waals surface area contributed by atoms with Crippen molar-refractivity contribution in [2.75, 3.05) is 26.8 Å². The van der Waals surface area contributed by atoms with Gasteiger partial charge in [-0.1, -0.05) is 17.7 Å². The third-order valence-electron chi connectivity index (χ3n) is 8.38. The van der Waals surface area contributed by atoms with Crippen LogP contribution in [0.5, 0.6) is 5.88 Å². The molecule has 0 N–H and O–H groups in total. The summed E-state index contributed by atoms with van der Waals surface area (Å²) in [7, 11) is 1.39. The summed E-state index contributed by atoms with van der Waals surface area (Å²) < 4.78 is 32.9. The van der Waals surface area contributed by atoms with Crippen LogP contribution in [0.4, 0.5) is 4.39 Å². The number of hydrogen-bond donors (Lipinski definition) is 0. The van der Waals surface area contributed by atoms with Crippen LogP contribution in [-0.2, 0) is 22.6 Å². The van der Waals surface area contributed by atoms with Crippen LogP contribution in [0.2, 0.25) is 5.02 Å². The lowest BCUT2D eigenvalue weighted by molar-refractivity contribution is -0.0594. The van der Waals surface area contributed by atoms with Gasteiger partial charge >= 0.3 is 5.97 Å². The normalized spacial score (nSPS) is 18.5. The van der Waals surface area contributed by atoms with Gasteiger partial charge in [0.1, 0.15) is 18.2 Å². The lowest BCUT2D eigenvalue weighted by Crippen LogP contribution is -2.37. The van der Waals surface area contributed by atoms with Gasteiger partial charge in [0.15, 0.2) is 0 Å². The molecule has 2 aromatic heterocycles. The van der Waals surface area contributed by atoms with Crippen molar-refractivity contribution in [3.63, 3.8) is 0 Å². The van der Waals surface area contributed by atoms with E-state index in [2.05, 4.69) is 16.4 Å². The Morgan fingerprint density at radius 3 is 2.67 bits per heavy atom. The number of esters is 1. The number of piperidine rings is 1. The fourth-order valence-corrected chi connectivity index (χ4v) is 6.01. The molecule has 2 aliphatic rings. The van der Waals surface area contributed by atoms with Gasteiger partial charge in [-0.3, -0.25) is 4.90 Å². The number of rotatable bonds is 9. The van der Waals surface area contributed by atoms with E-state index in [9.17, 15) is 9.18 Å². The molecule has 42 heavy (non-hydrogen) atoms. The molecule has 0 amide bonds. The molecule has 0 bridgehead atoms. The number of fused-ring (bicyclic) bond motifs is 1. The number of hydrogen-bond acceptors (Lipinski definition) is 7. The van der Waals surface area contributed by atoms with Gasteiger partial charge in [-0.25, -0.2) is 19.2 Å². The van der Waals surface area contributed by atoms with Crippen LogP contribution >= 0.6 is 11.6 Å². The number of methoxy groups -OCH3 is 1. The maximum Gasteiger partial charge on any atom is 0.337 e. The highest BCUT2D eigenvalue weighted by Gasteiger charge is 2.30. The first-order chi connectivity index (χ1) is 20.4. The second-order valence-corrected chi connectivity index (χ2v) is 11.4. The average molecular weight is 593 g/mol. The molecule has 0 spiro atoms. The SMILES string of the molecule is COC(=O)c1ccc2nc([C@H](C)N3CCC(c4cccc(OCc5cc(Cl)ccc5F)n4)CC3)n(CC3CCO3)c2c1. The summed E-state index contributed by atoms with van der Waals surface area (Å²) in [5, 5.41) is 0.468. The molecule has 220 valence electrons. The molecule has 10 heteroatoms. The molecule has 0 radical (unpaired) electrons. The first-order valence-electron chi connectivity index (χ1n) is 14.4. The van der Waals surface area contributed by atoms with E-state index in [0.717, 1.165) is 61.5 Å². The van der Waals surface area contributed by atoms with Crippen molar-refractivity contribution in [1.29, 1.82) is 0 Å². The summed E-state index contributed by atoms with van der Waals surface area (Å²) in [6.07, 6.45) is 3.06. The highest BCUT2D eigenvalue weighted by Crippen LogP contribution is 2.34. The van der Waals surface area contributed by atoms with Crippen LogP contribution in [0.1, 0.15) is 65.6 Å². The van der Waals surface area contributed by atoms with Crippen LogP contribution in [0.3, 0.4) is 0 Å². The Hall–Kier alpha value is -3.53. The Balaban J connectivity index is 1.14. The van der Waals surface area contributed by atoms with E-state index >= 15 is 0 Å². The number of carbonyl (C=O) groups is 1. The molecule has 2 fully saturated rings. The Kier molecular flexibility index (Phi) is 8.42. The van der Waals surface area contributed by atoms with E-state index in [1.54, 1.807) is 18.2 Å². The molecule has 2 atom stereocenters. The van der Waals surface area contributed by atoms with Gasteiger partial charge in [-0.15, -0.1) is 0 Å². The minimum atomic E-state index is -0.360. The van der Waals surface area contributed by atoms with Gasteiger partial charge in [0.25, 0.3) is 0 Å². The Labute approximate surface area is 249 Å². The molecule has 8 nitrogen and oxygen atoms in total. The molecular weight excluding hydrogens is 559 g/mol. The van der Waals surface area contributed by atoms with Gasteiger partial charge in [-0.05, 0) is 81.7 Å². The lowest BCUT2D eigenvalue weighted by atomic mass is 9.92. The molecular formula is C32H34ClFN4O4. The summed E-state index contributed by atoms with van der Waals surface area (Å²) in [5.41, 5.74) is 3.67. The van der Waals surface area contributed by atoms with Crippen LogP contribution in [-0.4, -0.2) is 58.3 Å². The predicted molar refractivity (Wildman–Crippen MR) is 157 cm³/mol. The summed E-state index contributed by atoms with van der Waals surface area (Å²) in [5.74, 6) is 1.03. The molecule has 4 heterocycles. The molecule has 2 aliphatic heterocycles. The summed E-state index contributed by atoms with van der Waals surface area (Å²) in [6, 6.07) is 15.8. The number of nitrogens with zero attached hydrogens (tertiary/aromatic N) is 4. The van der Waals surface area contributed by atoms with E-state index in [1.165, 1.54) is 19.2 Å². The number of benzene rings is 2. The van der Waals surface area contributed by atoms with Crippen molar-refractivity contribution in [1.82, 2.24) is 19.4 Å². The zero-order valence-electron chi connectivity index (χ0n) is 23.8. The van der Waals surface area contributed by atoms with Crippen molar-refractivity contribution >= 4 is 28.6 Å². The highest BCUT2D eigenvalue weighted by molar-refractivity contribution is 6.30. The molecule has 1 unspecified atom stereocenters. The molecule has 0 saturated carbocycles. The smallest absolute Gasteiger partial charge is 0.337 e. The lowest BCUT2D eigenvalue weighted by Gasteiger charge is -2.36. The van der Waals surface area contributed by atoms with E-state index in [-0.39, 0.29) is 30.5 Å². The topological polar surface area (TPSA) is 78.7 Å². The monoisotopic (exact) mass is 592 g/mol. The number of aromatic nitrogens is 3. The third-order valence-corrected chi connectivity index (χ3v) is 8.61. The Morgan fingerprint density at radius 1 is 1.12 bits per heavy atom. The number of ether oxygens (including phenoxy) is 3. The van der Waals surface area contributed by atoms with Gasteiger partial charge in [0.05, 0.1) is 42.4 Å². The van der Waals surface area contributed by atoms with Gasteiger partial charge < -0.3 is 18.8 Å². The largest absolute Gasteiger partial charge is 0.473 e. The van der Waals surface area contributed by atoms with E-state index in [4.69, 9.17) is 35.8 Å². The quantitative estimate of drug-likeness (QED) is 0.210. The van der Waals surface area contributed by atoms with Crippen LogP contribution < -0.4 is 4.74 Å². The van der Waals surface area contributed by atoms with Crippen molar-refractivity contribution < 1.29 is 23.4 Å². The number of imidazole rings is 1. The third kappa shape index (κ3) is 6.00. The minimum absolute atomic E-state index is 0.0623. The second kappa shape index (κ2) is 12.4. The zero-order valence-corrected chi connectivity index (χ0v) is 24.5. The van der Waals surface area contributed by atoms with Crippen molar-refractivity contribution in [2.45, 2.75) is 57.4 Å². The number of likely N-dealkylation sites (tertiary alicyclic amines) is 1. The summed E-state index contributed by atoms with van der Waals surface area (Å²) in [4.78, 5) is 24.5. The first-order valence-corrected chi connectivity index (χ1v) is 14.7. The zero-order chi connectivity index (χ0) is 29.2. The van der Waals surface area contributed by atoms with E-state index < -0.39 is 0 Å². The first kappa shape index (κ1) is 28.6. The number of carbonyl (C=O) groups excluding carboxylic acids is 1. The summed E-state index contributed by atoms with van der Waals surface area (Å²) >= 11 is 6.01. The van der Waals surface area contributed by atoms with Crippen molar-refractivity contribution in [2.24, 2.45) is 0 Å². The molecule has 2 aromatic carbocycles. The number of halogens is 2. The van der Waals surface area contributed by atoms with Gasteiger partial charge in [-0.2, -0.15) is 0 Å². The van der Waals surface area contributed by atoms with E-state index in [1.807, 2.05) is 24.3 Å². The molecule has 6 rings (SSSR count). The van der Waals surface area contributed by atoms with Gasteiger partial charge in [0, 0.05) is 34.9 Å². The van der Waals surface area contributed by atoms with Crippen molar-refractivity contribution in [3.8, 4) is 5.88 Å². The second-order valence-electron chi connectivity index (χ2n) is 11.0. The fraction of sp³-hybridized carbons (Fsp3) is 0.406. The average Bonchev–Trinajstić information content (AvgIpc) is 3.36. The van der Waals surface area contributed by atoms with Crippen LogP contribution in [0.15, 0.2) is 54.6 Å². The predicted octanol–water partition coefficient (Wildman–Crippen LogP) is 6.32. The molecule has 4 aromatic rings. The summed E-state index contributed by atoms with van der Waals surface area (Å²) in [6.45, 7) is 5.52. The maximum absolute atomic E-state index is 14.1. The van der Waals surface area contributed by atoms with Crippen LogP contribution in [0, 0.1) is 5.82 Å². The number of pyridine rings is 1. The standard InChI is InChI=1S/C32H34ClFN4O4/c1-20(31-36-28-9-6-22(32(39)40-2)17-29(28)38(31)18-25-12-15-41-25)37-13-10-21(11-14-37)27-4-3-5-30(35-27)42-19-23-16-24(33)7-8-26(23)34/h3-9,16-17,20-21,25H,10-15,18-19H2,1-2H3/t20-,25?/m0/s1. The van der Waals surface area contributed by atoms with E-state index in [0.29, 0.717) is 34.5 Å². The highest BCUT2D eigenvalue weighted by atomic mass is 35.5. The molecule has 2 saturated heterocycles. The Bertz CT molecular complexity index is 1580. The fourth-order valence-electron chi connectivity index (χ4n) is 5.82. The van der Waals surface area contributed by atoms with Gasteiger partial charge in [0.2, 0.25) is 5.88 Å². The maximum atomic E-state index is 14.1. The molecule has 0 aliphatic carbocycles. The minimum Gasteiger partial charge on any atom is -0.473 e. The van der Waals surface area contributed by atoms with Crippen molar-refractivity contribution in [3.05, 3.63) is 88.1 Å². The van der Waals surface area contributed by atoms with Crippen LogP contribution in [0.25, 0.3) is 11.0 Å². The Morgan fingerprint density at radius 2 is 1.93 bits per heavy atom.